The number of piperidine rings is 1. The average Bonchev–Trinajstić information content (AvgIpc) is 3.25. The van der Waals surface area contributed by atoms with Gasteiger partial charge in [-0.3, -0.25) is 4.99 Å². The first kappa shape index (κ1) is 18.5. The third kappa shape index (κ3) is 5.36. The predicted octanol–water partition coefficient (Wildman–Crippen LogP) is 3.76. The number of nitrogens with one attached hydrogen (secondary N) is 2. The van der Waals surface area contributed by atoms with E-state index < -0.39 is 0 Å². The lowest BCUT2D eigenvalue weighted by molar-refractivity contribution is 0.463. The molecule has 0 radical (unpaired) electrons. The Kier molecular flexibility index (Phi) is 7.64. The summed E-state index contributed by atoms with van der Waals surface area (Å²) in [4.78, 5) is 6.81. The summed E-state index contributed by atoms with van der Waals surface area (Å²) >= 11 is 3.55. The van der Waals surface area contributed by atoms with Crippen LogP contribution in [0.4, 0.5) is 5.00 Å². The van der Waals surface area contributed by atoms with Gasteiger partial charge in [-0.1, -0.05) is 0 Å². The molecule has 3 heterocycles. The molecule has 2 aromatic rings. The van der Waals surface area contributed by atoms with E-state index in [1.165, 1.54) is 10.6 Å². The molecule has 2 N–H and O–H groups in total. The standard InChI is InChI=1S/C16H22N4S2.HI/c1-17-16(18-11-13-6-10-21-12-13)19-14-4-7-20(8-5-14)15-3-2-9-22-15;/h2-3,6,9-10,12,14H,4-5,7-8,11H2,1H3,(H2,17,18,19);1H. The number of rotatable bonds is 4. The molecule has 0 bridgehead atoms. The number of halogens is 1. The van der Waals surface area contributed by atoms with E-state index in [1.54, 1.807) is 11.3 Å². The number of anilines is 1. The van der Waals surface area contributed by atoms with Gasteiger partial charge in [0.1, 0.15) is 0 Å². The van der Waals surface area contributed by atoms with Crippen molar-refractivity contribution in [2.24, 2.45) is 4.99 Å². The highest BCUT2D eigenvalue weighted by Gasteiger charge is 2.20. The lowest BCUT2D eigenvalue weighted by Crippen LogP contribution is -2.48. The average molecular weight is 462 g/mol. The zero-order valence-electron chi connectivity index (χ0n) is 13.2. The Hall–Kier alpha value is -0.800. The van der Waals surface area contributed by atoms with Crippen molar-refractivity contribution >= 4 is 57.6 Å². The van der Waals surface area contributed by atoms with E-state index in [4.69, 9.17) is 0 Å². The molecule has 1 aliphatic heterocycles. The van der Waals surface area contributed by atoms with Gasteiger partial charge in [0.25, 0.3) is 0 Å². The summed E-state index contributed by atoms with van der Waals surface area (Å²) in [6, 6.07) is 6.98. The molecule has 1 aliphatic rings. The Morgan fingerprint density at radius 3 is 2.74 bits per heavy atom. The van der Waals surface area contributed by atoms with Crippen LogP contribution in [0.5, 0.6) is 0 Å². The molecule has 0 aromatic carbocycles. The Morgan fingerprint density at radius 1 is 1.30 bits per heavy atom. The maximum atomic E-state index is 4.34. The minimum Gasteiger partial charge on any atom is -0.363 e. The van der Waals surface area contributed by atoms with E-state index in [0.29, 0.717) is 6.04 Å². The molecular weight excluding hydrogens is 439 g/mol. The molecule has 23 heavy (non-hydrogen) atoms. The van der Waals surface area contributed by atoms with Crippen LogP contribution in [0, 0.1) is 0 Å². The highest BCUT2D eigenvalue weighted by molar-refractivity contribution is 14.0. The monoisotopic (exact) mass is 462 g/mol. The minimum absolute atomic E-state index is 0. The van der Waals surface area contributed by atoms with Crippen molar-refractivity contribution in [3.05, 3.63) is 39.9 Å². The second kappa shape index (κ2) is 9.48. The molecule has 1 saturated heterocycles. The van der Waals surface area contributed by atoms with Gasteiger partial charge in [0.05, 0.1) is 5.00 Å². The van der Waals surface area contributed by atoms with Crippen molar-refractivity contribution in [1.29, 1.82) is 0 Å². The van der Waals surface area contributed by atoms with Gasteiger partial charge in [-0.15, -0.1) is 35.3 Å². The summed E-state index contributed by atoms with van der Waals surface area (Å²) in [5, 5.41) is 14.8. The smallest absolute Gasteiger partial charge is 0.191 e. The van der Waals surface area contributed by atoms with Crippen LogP contribution in [0.2, 0.25) is 0 Å². The Bertz CT molecular complexity index is 575. The van der Waals surface area contributed by atoms with E-state index >= 15 is 0 Å². The highest BCUT2D eigenvalue weighted by Crippen LogP contribution is 2.24. The summed E-state index contributed by atoms with van der Waals surface area (Å²) in [5.41, 5.74) is 1.31. The summed E-state index contributed by atoms with van der Waals surface area (Å²) < 4.78 is 0. The van der Waals surface area contributed by atoms with E-state index in [0.717, 1.165) is 38.4 Å². The van der Waals surface area contributed by atoms with Crippen LogP contribution in [0.3, 0.4) is 0 Å². The predicted molar refractivity (Wildman–Crippen MR) is 113 cm³/mol. The molecule has 126 valence electrons. The van der Waals surface area contributed by atoms with Crippen LogP contribution in [-0.2, 0) is 6.54 Å². The van der Waals surface area contributed by atoms with Gasteiger partial charge >= 0.3 is 0 Å². The van der Waals surface area contributed by atoms with Crippen LogP contribution in [0.15, 0.2) is 39.3 Å². The van der Waals surface area contributed by atoms with Crippen molar-refractivity contribution < 1.29 is 0 Å². The zero-order chi connectivity index (χ0) is 15.2. The summed E-state index contributed by atoms with van der Waals surface area (Å²) in [6.07, 6.45) is 2.30. The first-order chi connectivity index (χ1) is 10.8. The van der Waals surface area contributed by atoms with Crippen LogP contribution >= 0.6 is 46.7 Å². The Morgan fingerprint density at radius 2 is 2.13 bits per heavy atom. The quantitative estimate of drug-likeness (QED) is 0.413. The Balaban J connectivity index is 0.00000192. The number of aliphatic imine (C=N–C) groups is 1. The fraction of sp³-hybridized carbons (Fsp3) is 0.438. The fourth-order valence-corrected chi connectivity index (χ4v) is 4.12. The molecule has 1 fully saturated rings. The first-order valence-electron chi connectivity index (χ1n) is 7.62. The summed E-state index contributed by atoms with van der Waals surface area (Å²) in [7, 11) is 1.84. The van der Waals surface area contributed by atoms with E-state index in [9.17, 15) is 0 Å². The normalized spacial score (nSPS) is 16.0. The molecule has 0 unspecified atom stereocenters. The molecule has 3 rings (SSSR count). The number of thiophene rings is 2. The van der Waals surface area contributed by atoms with Gasteiger partial charge in [0, 0.05) is 32.7 Å². The molecule has 0 aliphatic carbocycles. The Labute approximate surface area is 163 Å². The van der Waals surface area contributed by atoms with Crippen molar-refractivity contribution in [3.63, 3.8) is 0 Å². The molecule has 7 heteroatoms. The van der Waals surface area contributed by atoms with Gasteiger partial charge in [-0.25, -0.2) is 0 Å². The highest BCUT2D eigenvalue weighted by atomic mass is 127. The van der Waals surface area contributed by atoms with E-state index in [2.05, 4.69) is 54.9 Å². The minimum atomic E-state index is 0. The second-order valence-electron chi connectivity index (χ2n) is 5.41. The van der Waals surface area contributed by atoms with Crippen LogP contribution in [-0.4, -0.2) is 32.1 Å². The van der Waals surface area contributed by atoms with Crippen molar-refractivity contribution in [1.82, 2.24) is 10.6 Å². The lowest BCUT2D eigenvalue weighted by Gasteiger charge is -2.33. The van der Waals surface area contributed by atoms with Crippen LogP contribution < -0.4 is 15.5 Å². The molecule has 0 saturated carbocycles. The molecule has 0 atom stereocenters. The number of guanidine groups is 1. The molecule has 4 nitrogen and oxygen atoms in total. The van der Waals surface area contributed by atoms with E-state index in [-0.39, 0.29) is 24.0 Å². The number of nitrogens with zero attached hydrogens (tertiary/aromatic N) is 2. The topological polar surface area (TPSA) is 39.7 Å². The van der Waals surface area contributed by atoms with Gasteiger partial charge in [0.2, 0.25) is 0 Å². The SMILES string of the molecule is CN=C(NCc1ccsc1)NC1CCN(c2cccs2)CC1.I. The fourth-order valence-electron chi connectivity index (χ4n) is 2.66. The van der Waals surface area contributed by atoms with Crippen LogP contribution in [0.25, 0.3) is 0 Å². The van der Waals surface area contributed by atoms with Crippen molar-refractivity contribution in [2.75, 3.05) is 25.0 Å². The van der Waals surface area contributed by atoms with Gasteiger partial charge in [-0.05, 0) is 52.7 Å². The maximum absolute atomic E-state index is 4.34. The number of hydrogen-bond acceptors (Lipinski definition) is 4. The zero-order valence-corrected chi connectivity index (χ0v) is 17.2. The molecular formula is C16H23IN4S2. The maximum Gasteiger partial charge on any atom is 0.191 e. The van der Waals surface area contributed by atoms with Crippen LogP contribution in [0.1, 0.15) is 18.4 Å². The van der Waals surface area contributed by atoms with E-state index in [1.807, 2.05) is 18.4 Å². The second-order valence-corrected chi connectivity index (χ2v) is 7.12. The largest absolute Gasteiger partial charge is 0.363 e. The molecule has 2 aromatic heterocycles. The third-order valence-corrected chi connectivity index (χ3v) is 5.58. The van der Waals surface area contributed by atoms with Crippen molar-refractivity contribution in [2.45, 2.75) is 25.4 Å². The molecule has 0 spiro atoms. The van der Waals surface area contributed by atoms with Gasteiger partial charge in [0.15, 0.2) is 5.96 Å². The summed E-state index contributed by atoms with van der Waals surface area (Å²) in [6.45, 7) is 3.05. The molecule has 0 amide bonds. The van der Waals surface area contributed by atoms with Gasteiger partial charge < -0.3 is 15.5 Å². The van der Waals surface area contributed by atoms with Crippen molar-refractivity contribution in [3.8, 4) is 0 Å². The lowest BCUT2D eigenvalue weighted by atomic mass is 10.1. The first-order valence-corrected chi connectivity index (χ1v) is 9.44. The summed E-state index contributed by atoms with van der Waals surface area (Å²) in [5.74, 6) is 0.903. The van der Waals surface area contributed by atoms with Gasteiger partial charge in [-0.2, -0.15) is 11.3 Å². The number of hydrogen-bond donors (Lipinski definition) is 2. The third-order valence-electron chi connectivity index (χ3n) is 3.92.